The van der Waals surface area contributed by atoms with E-state index in [-0.39, 0.29) is 17.9 Å². The Morgan fingerprint density at radius 3 is 2.28 bits per heavy atom. The summed E-state index contributed by atoms with van der Waals surface area (Å²) >= 11 is 6.56. The second-order valence-electron chi connectivity index (χ2n) is 10.9. The van der Waals surface area contributed by atoms with Crippen LogP contribution < -0.4 is 16.0 Å². The van der Waals surface area contributed by atoms with Crippen LogP contribution in [0.4, 0.5) is 5.82 Å². The van der Waals surface area contributed by atoms with E-state index in [0.29, 0.717) is 45.3 Å². The number of aromatic nitrogens is 3. The summed E-state index contributed by atoms with van der Waals surface area (Å²) in [5.41, 5.74) is 5.11. The van der Waals surface area contributed by atoms with Gasteiger partial charge in [0.05, 0.1) is 28.2 Å². The fourth-order valence-corrected chi connectivity index (χ4v) is 4.66. The highest BCUT2D eigenvalue weighted by Crippen LogP contribution is 2.31. The number of anilines is 1. The third-order valence-electron chi connectivity index (χ3n) is 6.95. The molecule has 0 bridgehead atoms. The third-order valence-corrected chi connectivity index (χ3v) is 7.26. The Balaban J connectivity index is 1.36. The van der Waals surface area contributed by atoms with E-state index in [1.54, 1.807) is 12.1 Å². The van der Waals surface area contributed by atoms with Crippen LogP contribution in [0.2, 0.25) is 5.02 Å². The first kappa shape index (κ1) is 25.4. The number of fused-ring (bicyclic) bond motifs is 1. The van der Waals surface area contributed by atoms with Crippen molar-refractivity contribution in [2.75, 3.05) is 11.9 Å². The molecule has 2 saturated carbocycles. The number of hydrogen-bond acceptors (Lipinski definition) is 5. The van der Waals surface area contributed by atoms with Crippen molar-refractivity contribution in [3.8, 4) is 22.5 Å². The summed E-state index contributed by atoms with van der Waals surface area (Å²) in [6, 6.07) is 13.6. The molecule has 2 fully saturated rings. The minimum atomic E-state index is -0.150. The molecule has 0 atom stereocenters. The van der Waals surface area contributed by atoms with E-state index < -0.39 is 0 Å². The van der Waals surface area contributed by atoms with E-state index in [1.165, 1.54) is 0 Å². The molecule has 8 nitrogen and oxygen atoms in total. The van der Waals surface area contributed by atoms with Gasteiger partial charge in [0.25, 0.3) is 11.8 Å². The van der Waals surface area contributed by atoms with Crippen molar-refractivity contribution in [1.82, 2.24) is 25.0 Å². The lowest BCUT2D eigenvalue weighted by Crippen LogP contribution is -2.25. The first-order chi connectivity index (χ1) is 18.9. The molecular formula is C30H31ClN6O2. The van der Waals surface area contributed by atoms with Crippen LogP contribution >= 0.6 is 11.6 Å². The molecule has 0 saturated heterocycles. The topological polar surface area (TPSA) is 100 Å². The summed E-state index contributed by atoms with van der Waals surface area (Å²) in [6.45, 7) is 5.01. The molecule has 2 heterocycles. The van der Waals surface area contributed by atoms with Gasteiger partial charge in [-0.15, -0.1) is 0 Å². The van der Waals surface area contributed by atoms with E-state index >= 15 is 0 Å². The number of benzene rings is 2. The number of nitrogens with one attached hydrogen (secondary N) is 3. The summed E-state index contributed by atoms with van der Waals surface area (Å²) in [7, 11) is 0. The maximum Gasteiger partial charge on any atom is 0.253 e. The molecule has 0 aliphatic heterocycles. The van der Waals surface area contributed by atoms with E-state index in [0.717, 1.165) is 49.0 Å². The van der Waals surface area contributed by atoms with Crippen molar-refractivity contribution >= 4 is 34.9 Å². The SMILES string of the molecule is CC(C)CNc1nc(-c2ccc(C(=O)NC3CC3)c(Cl)c2)cn2c(-c3ccc(C(=O)NC4CC4)cc3)cnc12. The lowest BCUT2D eigenvalue weighted by atomic mass is 10.1. The largest absolute Gasteiger partial charge is 0.367 e. The Kier molecular flexibility index (Phi) is 6.73. The second-order valence-corrected chi connectivity index (χ2v) is 11.3. The fraction of sp³-hybridized carbons (Fsp3) is 0.333. The molecule has 6 rings (SSSR count). The van der Waals surface area contributed by atoms with Crippen LogP contribution in [-0.4, -0.2) is 44.8 Å². The number of imidazole rings is 1. The van der Waals surface area contributed by atoms with Crippen LogP contribution in [0.1, 0.15) is 60.2 Å². The summed E-state index contributed by atoms with van der Waals surface area (Å²) in [5.74, 6) is 0.889. The average Bonchev–Trinajstić information content (AvgIpc) is 3.86. The minimum Gasteiger partial charge on any atom is -0.367 e. The smallest absolute Gasteiger partial charge is 0.253 e. The Bertz CT molecular complexity index is 1550. The lowest BCUT2D eigenvalue weighted by Gasteiger charge is -2.13. The van der Waals surface area contributed by atoms with Gasteiger partial charge in [-0.2, -0.15) is 0 Å². The van der Waals surface area contributed by atoms with Gasteiger partial charge in [-0.05, 0) is 55.9 Å². The van der Waals surface area contributed by atoms with Gasteiger partial charge >= 0.3 is 0 Å². The first-order valence-electron chi connectivity index (χ1n) is 13.5. The Labute approximate surface area is 232 Å². The zero-order valence-electron chi connectivity index (χ0n) is 22.0. The normalized spacial score (nSPS) is 15.0. The molecule has 2 aliphatic rings. The average molecular weight is 543 g/mol. The number of rotatable bonds is 9. The molecule has 9 heteroatoms. The number of carbonyl (C=O) groups excluding carboxylic acids is 2. The van der Waals surface area contributed by atoms with Crippen molar-refractivity contribution in [3.05, 3.63) is 71.0 Å². The van der Waals surface area contributed by atoms with Gasteiger partial charge in [0.2, 0.25) is 0 Å². The molecule has 0 spiro atoms. The molecule has 2 aromatic carbocycles. The van der Waals surface area contributed by atoms with Crippen molar-refractivity contribution in [2.24, 2.45) is 5.92 Å². The number of nitrogens with zero attached hydrogens (tertiary/aromatic N) is 3. The molecule has 39 heavy (non-hydrogen) atoms. The first-order valence-corrected chi connectivity index (χ1v) is 13.9. The summed E-state index contributed by atoms with van der Waals surface area (Å²) in [5, 5.41) is 9.84. The van der Waals surface area contributed by atoms with Gasteiger partial charge in [-0.1, -0.05) is 43.6 Å². The molecule has 2 aliphatic carbocycles. The molecule has 200 valence electrons. The fourth-order valence-electron chi connectivity index (χ4n) is 4.40. The Morgan fingerprint density at radius 2 is 1.64 bits per heavy atom. The Morgan fingerprint density at radius 1 is 0.974 bits per heavy atom. The second kappa shape index (κ2) is 10.3. The van der Waals surface area contributed by atoms with Crippen molar-refractivity contribution in [2.45, 2.75) is 51.6 Å². The summed E-state index contributed by atoms with van der Waals surface area (Å²) in [6.07, 6.45) is 7.89. The van der Waals surface area contributed by atoms with Gasteiger partial charge in [0.1, 0.15) is 0 Å². The van der Waals surface area contributed by atoms with Gasteiger partial charge in [0, 0.05) is 41.5 Å². The highest BCUT2D eigenvalue weighted by Gasteiger charge is 2.25. The molecular weight excluding hydrogens is 512 g/mol. The van der Waals surface area contributed by atoms with Crippen LogP contribution in [0.15, 0.2) is 54.9 Å². The summed E-state index contributed by atoms with van der Waals surface area (Å²) in [4.78, 5) is 34.6. The number of amides is 2. The molecule has 2 aromatic heterocycles. The van der Waals surface area contributed by atoms with Crippen molar-refractivity contribution in [3.63, 3.8) is 0 Å². The number of carbonyl (C=O) groups is 2. The summed E-state index contributed by atoms with van der Waals surface area (Å²) < 4.78 is 2.01. The number of halogens is 1. The van der Waals surface area contributed by atoms with Crippen molar-refractivity contribution in [1.29, 1.82) is 0 Å². The third kappa shape index (κ3) is 5.61. The van der Waals surface area contributed by atoms with E-state index in [9.17, 15) is 9.59 Å². The standard InChI is InChI=1S/C30H31ClN6O2/c1-17(2)14-32-27-28-33-15-26(18-3-5-19(6-4-18)29(38)34-21-8-9-21)37(28)16-25(36-27)20-7-12-23(24(31)13-20)30(39)35-22-10-11-22/h3-7,12-13,15-17,21-22H,8-11,14H2,1-2H3,(H,32,36)(H,34,38)(H,35,39). The predicted molar refractivity (Wildman–Crippen MR) is 153 cm³/mol. The van der Waals surface area contributed by atoms with Gasteiger partial charge < -0.3 is 16.0 Å². The van der Waals surface area contributed by atoms with Crippen molar-refractivity contribution < 1.29 is 9.59 Å². The Hall–Kier alpha value is -3.91. The van der Waals surface area contributed by atoms with Gasteiger partial charge in [-0.3, -0.25) is 14.0 Å². The van der Waals surface area contributed by atoms with Gasteiger partial charge in [-0.25, -0.2) is 9.97 Å². The van der Waals surface area contributed by atoms with E-state index in [4.69, 9.17) is 16.6 Å². The highest BCUT2D eigenvalue weighted by molar-refractivity contribution is 6.34. The highest BCUT2D eigenvalue weighted by atomic mass is 35.5. The van der Waals surface area contributed by atoms with Crippen LogP contribution in [0.25, 0.3) is 28.2 Å². The van der Waals surface area contributed by atoms with E-state index in [1.807, 2.05) is 47.1 Å². The molecule has 4 aromatic rings. The molecule has 2 amide bonds. The van der Waals surface area contributed by atoms with Crippen LogP contribution in [0, 0.1) is 5.92 Å². The molecule has 3 N–H and O–H groups in total. The van der Waals surface area contributed by atoms with Crippen LogP contribution in [-0.2, 0) is 0 Å². The predicted octanol–water partition coefficient (Wildman–Crippen LogP) is 5.57. The maximum atomic E-state index is 12.6. The van der Waals surface area contributed by atoms with E-state index in [2.05, 4.69) is 34.8 Å². The zero-order valence-corrected chi connectivity index (χ0v) is 22.8. The maximum absolute atomic E-state index is 12.6. The molecule has 0 unspecified atom stereocenters. The minimum absolute atomic E-state index is 0.0417. The van der Waals surface area contributed by atoms with Crippen LogP contribution in [0.3, 0.4) is 0 Å². The van der Waals surface area contributed by atoms with Crippen LogP contribution in [0.5, 0.6) is 0 Å². The molecule has 0 radical (unpaired) electrons. The number of hydrogen-bond donors (Lipinski definition) is 3. The lowest BCUT2D eigenvalue weighted by molar-refractivity contribution is 0.0942. The zero-order chi connectivity index (χ0) is 27.1. The monoisotopic (exact) mass is 542 g/mol. The van der Waals surface area contributed by atoms with Gasteiger partial charge in [0.15, 0.2) is 11.5 Å². The quantitative estimate of drug-likeness (QED) is 0.257.